The predicted octanol–water partition coefficient (Wildman–Crippen LogP) is 3.85. The molecule has 0 spiro atoms. The summed E-state index contributed by atoms with van der Waals surface area (Å²) >= 11 is 0. The Kier molecular flexibility index (Phi) is 8.94. The van der Waals surface area contributed by atoms with Gasteiger partial charge in [0, 0.05) is 18.0 Å². The first kappa shape index (κ1) is 20.2. The lowest BCUT2D eigenvalue weighted by atomic mass is 9.82. The summed E-state index contributed by atoms with van der Waals surface area (Å²) in [4.78, 5) is 4.74. The predicted molar refractivity (Wildman–Crippen MR) is 104 cm³/mol. The minimum Gasteiger partial charge on any atom is -0.357 e. The Morgan fingerprint density at radius 2 is 1.86 bits per heavy atom. The van der Waals surface area contributed by atoms with Gasteiger partial charge in [-0.2, -0.15) is 0 Å². The van der Waals surface area contributed by atoms with Gasteiger partial charge in [-0.15, -0.1) is 24.0 Å². The second-order valence-corrected chi connectivity index (χ2v) is 6.19. The van der Waals surface area contributed by atoms with E-state index >= 15 is 0 Å². The van der Waals surface area contributed by atoms with E-state index in [1.165, 1.54) is 11.1 Å². The number of aryl methyl sites for hydroxylation is 1. The Labute approximate surface area is 147 Å². The van der Waals surface area contributed by atoms with Crippen molar-refractivity contribution in [2.45, 2.75) is 53.0 Å². The second-order valence-electron chi connectivity index (χ2n) is 6.19. The minimum atomic E-state index is 0. The van der Waals surface area contributed by atoms with Crippen LogP contribution >= 0.6 is 24.0 Å². The van der Waals surface area contributed by atoms with Crippen molar-refractivity contribution >= 4 is 29.9 Å². The van der Waals surface area contributed by atoms with E-state index in [0.29, 0.717) is 6.04 Å². The van der Waals surface area contributed by atoms with E-state index in [-0.39, 0.29) is 29.4 Å². The summed E-state index contributed by atoms with van der Waals surface area (Å²) in [6.45, 7) is 14.6. The van der Waals surface area contributed by atoms with Crippen LogP contribution < -0.4 is 10.6 Å². The van der Waals surface area contributed by atoms with Gasteiger partial charge in [0.2, 0.25) is 0 Å². The third-order valence-electron chi connectivity index (χ3n) is 3.28. The molecule has 1 aromatic rings. The molecule has 0 amide bonds. The number of benzene rings is 1. The zero-order chi connectivity index (χ0) is 15.2. The molecular weight excluding hydrogens is 373 g/mol. The molecule has 0 fully saturated rings. The van der Waals surface area contributed by atoms with Crippen LogP contribution in [0, 0.1) is 6.92 Å². The first-order chi connectivity index (χ1) is 9.36. The molecule has 3 nitrogen and oxygen atoms in total. The van der Waals surface area contributed by atoms with E-state index in [1.54, 1.807) is 0 Å². The second kappa shape index (κ2) is 9.28. The van der Waals surface area contributed by atoms with Crippen LogP contribution in [-0.2, 0) is 5.41 Å². The zero-order valence-electron chi connectivity index (χ0n) is 14.2. The molecule has 2 N–H and O–H groups in total. The average molecular weight is 403 g/mol. The fourth-order valence-electron chi connectivity index (χ4n) is 2.29. The third-order valence-corrected chi connectivity index (χ3v) is 3.28. The normalized spacial score (nSPS) is 12.0. The van der Waals surface area contributed by atoms with Gasteiger partial charge in [0.25, 0.3) is 0 Å². The Balaban J connectivity index is 0.00000400. The highest BCUT2D eigenvalue weighted by Crippen LogP contribution is 2.26. The summed E-state index contributed by atoms with van der Waals surface area (Å²) in [6.07, 6.45) is 0. The van der Waals surface area contributed by atoms with Gasteiger partial charge in [0.05, 0.1) is 6.54 Å². The Morgan fingerprint density at radius 1 is 1.24 bits per heavy atom. The summed E-state index contributed by atoms with van der Waals surface area (Å²) in [7, 11) is 0. The monoisotopic (exact) mass is 403 g/mol. The molecule has 0 aliphatic rings. The van der Waals surface area contributed by atoms with Crippen LogP contribution in [0.25, 0.3) is 0 Å². The van der Waals surface area contributed by atoms with Gasteiger partial charge < -0.3 is 10.6 Å². The summed E-state index contributed by atoms with van der Waals surface area (Å²) in [5.41, 5.74) is 2.73. The van der Waals surface area contributed by atoms with Gasteiger partial charge in [-0.3, -0.25) is 4.99 Å². The van der Waals surface area contributed by atoms with Gasteiger partial charge in [-0.05, 0) is 38.8 Å². The number of nitrogens with one attached hydrogen (secondary N) is 2. The maximum atomic E-state index is 4.74. The number of guanidine groups is 1. The van der Waals surface area contributed by atoms with Crippen molar-refractivity contribution in [1.29, 1.82) is 0 Å². The van der Waals surface area contributed by atoms with Gasteiger partial charge in [-0.1, -0.05) is 38.1 Å². The molecule has 0 heterocycles. The van der Waals surface area contributed by atoms with Crippen LogP contribution in [0.2, 0.25) is 0 Å². The van der Waals surface area contributed by atoms with Crippen LogP contribution in [0.5, 0.6) is 0 Å². The number of hydrogen-bond acceptors (Lipinski definition) is 1. The smallest absolute Gasteiger partial charge is 0.191 e. The molecule has 0 atom stereocenters. The molecular formula is C17H30IN3. The van der Waals surface area contributed by atoms with Crippen LogP contribution in [0.4, 0.5) is 0 Å². The van der Waals surface area contributed by atoms with Crippen LogP contribution in [0.15, 0.2) is 29.3 Å². The van der Waals surface area contributed by atoms with Crippen molar-refractivity contribution in [3.8, 4) is 0 Å². The van der Waals surface area contributed by atoms with Gasteiger partial charge in [0.15, 0.2) is 5.96 Å². The first-order valence-electron chi connectivity index (χ1n) is 7.47. The van der Waals surface area contributed by atoms with Gasteiger partial charge in [-0.25, -0.2) is 0 Å². The lowest BCUT2D eigenvalue weighted by Crippen LogP contribution is -2.41. The van der Waals surface area contributed by atoms with Crippen molar-refractivity contribution in [2.24, 2.45) is 4.99 Å². The summed E-state index contributed by atoms with van der Waals surface area (Å²) in [5, 5.41) is 6.65. The lowest BCUT2D eigenvalue weighted by Gasteiger charge is -2.26. The number of halogens is 1. The topological polar surface area (TPSA) is 36.4 Å². The van der Waals surface area contributed by atoms with E-state index in [4.69, 9.17) is 4.99 Å². The quantitative estimate of drug-likeness (QED) is 0.445. The highest BCUT2D eigenvalue weighted by Gasteiger charge is 2.22. The maximum Gasteiger partial charge on any atom is 0.191 e. The van der Waals surface area contributed by atoms with Crippen LogP contribution in [0.3, 0.4) is 0 Å². The van der Waals surface area contributed by atoms with Crippen LogP contribution in [-0.4, -0.2) is 25.1 Å². The van der Waals surface area contributed by atoms with E-state index < -0.39 is 0 Å². The van der Waals surface area contributed by atoms with E-state index in [9.17, 15) is 0 Å². The molecule has 0 bridgehead atoms. The standard InChI is InChI=1S/C17H29N3.HI/c1-7-18-16(20-13(2)3)19-12-17(5,6)15-11-9-8-10-14(15)4;/h8-11,13H,7,12H2,1-6H3,(H2,18,19,20);1H. The molecule has 21 heavy (non-hydrogen) atoms. The SMILES string of the molecule is CCNC(=NCC(C)(C)c1ccccc1C)NC(C)C.I. The molecule has 0 saturated carbocycles. The highest BCUT2D eigenvalue weighted by molar-refractivity contribution is 14.0. The molecule has 120 valence electrons. The van der Waals surface area contributed by atoms with Crippen molar-refractivity contribution in [1.82, 2.24) is 10.6 Å². The van der Waals surface area contributed by atoms with Crippen LogP contribution in [0.1, 0.15) is 45.7 Å². The number of nitrogens with zero attached hydrogens (tertiary/aromatic N) is 1. The zero-order valence-corrected chi connectivity index (χ0v) is 16.5. The fraction of sp³-hybridized carbons (Fsp3) is 0.588. The molecule has 1 rings (SSSR count). The molecule has 0 saturated heterocycles. The number of aliphatic imine (C=N–C) groups is 1. The van der Waals surface area contributed by atoms with E-state index in [1.807, 2.05) is 0 Å². The Hall–Kier alpha value is -0.780. The molecule has 4 heteroatoms. The molecule has 1 aromatic carbocycles. The summed E-state index contributed by atoms with van der Waals surface area (Å²) in [6, 6.07) is 8.94. The molecule has 0 aromatic heterocycles. The minimum absolute atomic E-state index is 0. The van der Waals surface area contributed by atoms with Crippen molar-refractivity contribution in [2.75, 3.05) is 13.1 Å². The summed E-state index contributed by atoms with van der Waals surface area (Å²) in [5.74, 6) is 0.893. The molecule has 0 radical (unpaired) electrons. The molecule has 0 unspecified atom stereocenters. The molecule has 0 aliphatic carbocycles. The average Bonchev–Trinajstić information content (AvgIpc) is 2.36. The maximum absolute atomic E-state index is 4.74. The molecule has 0 aliphatic heterocycles. The van der Waals surface area contributed by atoms with Gasteiger partial charge in [0.1, 0.15) is 0 Å². The van der Waals surface area contributed by atoms with Crippen molar-refractivity contribution < 1.29 is 0 Å². The largest absolute Gasteiger partial charge is 0.357 e. The van der Waals surface area contributed by atoms with E-state index in [2.05, 4.69) is 76.4 Å². The fourth-order valence-corrected chi connectivity index (χ4v) is 2.29. The number of hydrogen-bond donors (Lipinski definition) is 2. The Morgan fingerprint density at radius 3 is 2.38 bits per heavy atom. The Bertz CT molecular complexity index is 453. The van der Waals surface area contributed by atoms with E-state index in [0.717, 1.165) is 19.0 Å². The highest BCUT2D eigenvalue weighted by atomic mass is 127. The van der Waals surface area contributed by atoms with Crippen molar-refractivity contribution in [3.05, 3.63) is 35.4 Å². The number of rotatable bonds is 5. The lowest BCUT2D eigenvalue weighted by molar-refractivity contribution is 0.533. The summed E-state index contributed by atoms with van der Waals surface area (Å²) < 4.78 is 0. The third kappa shape index (κ3) is 6.68. The van der Waals surface area contributed by atoms with Crippen molar-refractivity contribution in [3.63, 3.8) is 0 Å². The van der Waals surface area contributed by atoms with Gasteiger partial charge >= 0.3 is 0 Å². The first-order valence-corrected chi connectivity index (χ1v) is 7.47.